The van der Waals surface area contributed by atoms with Gasteiger partial charge in [0.25, 0.3) is 0 Å². The van der Waals surface area contributed by atoms with Gasteiger partial charge in [0.1, 0.15) is 24.4 Å². The van der Waals surface area contributed by atoms with E-state index in [9.17, 15) is 0 Å². The van der Waals surface area contributed by atoms with E-state index in [0.29, 0.717) is 6.61 Å². The van der Waals surface area contributed by atoms with E-state index >= 15 is 0 Å². The Morgan fingerprint density at radius 1 is 0.875 bits per heavy atom. The summed E-state index contributed by atoms with van der Waals surface area (Å²) in [6.07, 6.45) is -0.601. The number of rotatable bonds is 5. The van der Waals surface area contributed by atoms with Gasteiger partial charge >= 0.3 is 0 Å². The van der Waals surface area contributed by atoms with Crippen molar-refractivity contribution in [3.63, 3.8) is 0 Å². The summed E-state index contributed by atoms with van der Waals surface area (Å²) in [5.74, 6) is 0. The Morgan fingerprint density at radius 2 is 1.44 bits per heavy atom. The molecule has 1 aliphatic rings. The molecule has 1 saturated heterocycles. The molecule has 0 amide bonds. The van der Waals surface area contributed by atoms with Gasteiger partial charge in [-0.3, -0.25) is 0 Å². The van der Waals surface area contributed by atoms with Gasteiger partial charge < -0.3 is 23.7 Å². The average Bonchev–Trinajstić information content (AvgIpc) is 2.28. The Morgan fingerprint density at radius 3 is 1.88 bits per heavy atom. The third-order valence-corrected chi connectivity index (χ3v) is 3.01. The van der Waals surface area contributed by atoms with Crippen molar-refractivity contribution in [2.45, 2.75) is 37.4 Å². The molecule has 0 aromatic heterocycles. The Kier molecular flexibility index (Phi) is 5.64. The van der Waals surface area contributed by atoms with E-state index in [2.05, 4.69) is 0 Å². The maximum Gasteiger partial charge on any atom is 0.114 e. The fourth-order valence-corrected chi connectivity index (χ4v) is 2.27. The van der Waals surface area contributed by atoms with Crippen molar-refractivity contribution in [2.75, 3.05) is 35.0 Å². The maximum atomic E-state index is 5.81. The summed E-state index contributed by atoms with van der Waals surface area (Å²) in [6, 6.07) is 0. The number of hydrogen-bond donors (Lipinski definition) is 0. The van der Waals surface area contributed by atoms with Gasteiger partial charge in [-0.25, -0.2) is 0 Å². The molecule has 5 heteroatoms. The zero-order chi connectivity index (χ0) is 12.1. The summed E-state index contributed by atoms with van der Waals surface area (Å²) < 4.78 is 27.2. The van der Waals surface area contributed by atoms with Crippen molar-refractivity contribution in [3.05, 3.63) is 0 Å². The van der Waals surface area contributed by atoms with Crippen LogP contribution in [0.1, 0.15) is 6.92 Å². The fraction of sp³-hybridized carbons (Fsp3) is 1.00. The lowest BCUT2D eigenvalue weighted by atomic mass is 9.95. The quantitative estimate of drug-likeness (QED) is 0.692. The van der Waals surface area contributed by atoms with Crippen molar-refractivity contribution < 1.29 is 23.7 Å². The van der Waals surface area contributed by atoms with Crippen LogP contribution in [0.25, 0.3) is 0 Å². The van der Waals surface area contributed by atoms with Crippen LogP contribution in [0.5, 0.6) is 0 Å². The van der Waals surface area contributed by atoms with E-state index in [1.807, 2.05) is 6.92 Å². The molecule has 96 valence electrons. The van der Waals surface area contributed by atoms with Crippen LogP contribution in [0.2, 0.25) is 0 Å². The second-order valence-corrected chi connectivity index (χ2v) is 3.94. The first-order valence-corrected chi connectivity index (χ1v) is 5.42. The molecule has 0 aliphatic carbocycles. The van der Waals surface area contributed by atoms with E-state index in [1.54, 1.807) is 28.4 Å². The molecular weight excluding hydrogens is 212 g/mol. The lowest BCUT2D eigenvalue weighted by Crippen LogP contribution is -2.59. The Hall–Kier alpha value is -0.200. The first-order chi connectivity index (χ1) is 7.69. The standard InChI is InChI=1S/C11H22O5/c1-7-9(13-3)11(15-5)10(14-4)8(16-7)6-12-2/h7-11H,6H2,1-5H3/t7-,8-,9+,10-,11-/m1/s1. The smallest absolute Gasteiger partial charge is 0.114 e. The van der Waals surface area contributed by atoms with Gasteiger partial charge in [-0.1, -0.05) is 0 Å². The maximum absolute atomic E-state index is 5.81. The molecule has 0 saturated carbocycles. The largest absolute Gasteiger partial charge is 0.382 e. The van der Waals surface area contributed by atoms with Crippen LogP contribution in [-0.2, 0) is 23.7 Å². The van der Waals surface area contributed by atoms with E-state index in [-0.39, 0.29) is 30.5 Å². The molecule has 1 fully saturated rings. The molecule has 0 unspecified atom stereocenters. The molecule has 0 spiro atoms. The molecule has 0 radical (unpaired) electrons. The van der Waals surface area contributed by atoms with Crippen LogP contribution in [0.15, 0.2) is 0 Å². The van der Waals surface area contributed by atoms with Crippen LogP contribution in [0, 0.1) is 0 Å². The average molecular weight is 234 g/mol. The fourth-order valence-electron chi connectivity index (χ4n) is 2.27. The van der Waals surface area contributed by atoms with Gasteiger partial charge in [0.15, 0.2) is 0 Å². The van der Waals surface area contributed by atoms with Crippen molar-refractivity contribution in [3.8, 4) is 0 Å². The SMILES string of the molecule is COC[C@H]1O[C@H](C)[C@H](OC)[C@@H](OC)[C@@H]1OC. The third-order valence-electron chi connectivity index (χ3n) is 3.01. The van der Waals surface area contributed by atoms with E-state index in [0.717, 1.165) is 0 Å². The van der Waals surface area contributed by atoms with Crippen molar-refractivity contribution in [1.82, 2.24) is 0 Å². The summed E-state index contributed by atoms with van der Waals surface area (Å²) in [5, 5.41) is 0. The van der Waals surface area contributed by atoms with E-state index < -0.39 is 0 Å². The molecule has 0 aromatic rings. The monoisotopic (exact) mass is 234 g/mol. The van der Waals surface area contributed by atoms with Crippen LogP contribution >= 0.6 is 0 Å². The summed E-state index contributed by atoms with van der Waals surface area (Å²) in [4.78, 5) is 0. The highest BCUT2D eigenvalue weighted by atomic mass is 16.6. The molecule has 0 bridgehead atoms. The Balaban J connectivity index is 2.78. The van der Waals surface area contributed by atoms with Crippen LogP contribution < -0.4 is 0 Å². The highest BCUT2D eigenvalue weighted by Crippen LogP contribution is 2.26. The molecule has 0 aromatic carbocycles. The van der Waals surface area contributed by atoms with Crippen LogP contribution in [0.4, 0.5) is 0 Å². The van der Waals surface area contributed by atoms with Gasteiger partial charge in [-0.2, -0.15) is 0 Å². The molecule has 5 nitrogen and oxygen atoms in total. The molecule has 1 heterocycles. The molecular formula is C11H22O5. The van der Waals surface area contributed by atoms with Gasteiger partial charge in [-0.05, 0) is 6.92 Å². The van der Waals surface area contributed by atoms with Crippen molar-refractivity contribution >= 4 is 0 Å². The number of hydrogen-bond acceptors (Lipinski definition) is 5. The van der Waals surface area contributed by atoms with Gasteiger partial charge in [0, 0.05) is 28.4 Å². The summed E-state index contributed by atoms with van der Waals surface area (Å²) in [6.45, 7) is 2.45. The van der Waals surface area contributed by atoms with Gasteiger partial charge in [0.05, 0.1) is 12.7 Å². The summed E-state index contributed by atoms with van der Waals surface area (Å²) >= 11 is 0. The normalized spacial score (nSPS) is 39.9. The van der Waals surface area contributed by atoms with E-state index in [4.69, 9.17) is 23.7 Å². The zero-order valence-electron chi connectivity index (χ0n) is 10.6. The molecule has 1 rings (SSSR count). The second-order valence-electron chi connectivity index (χ2n) is 3.94. The molecule has 0 N–H and O–H groups in total. The van der Waals surface area contributed by atoms with Gasteiger partial charge in [-0.15, -0.1) is 0 Å². The second kappa shape index (κ2) is 6.51. The molecule has 1 aliphatic heterocycles. The molecule has 16 heavy (non-hydrogen) atoms. The first-order valence-electron chi connectivity index (χ1n) is 5.42. The lowest BCUT2D eigenvalue weighted by molar-refractivity contribution is -0.245. The predicted octanol–water partition coefficient (Wildman–Crippen LogP) is 0.465. The van der Waals surface area contributed by atoms with Crippen LogP contribution in [0.3, 0.4) is 0 Å². The van der Waals surface area contributed by atoms with Gasteiger partial charge in [0.2, 0.25) is 0 Å². The minimum atomic E-state index is -0.175. The highest BCUT2D eigenvalue weighted by molar-refractivity contribution is 4.93. The third kappa shape index (κ3) is 2.73. The minimum absolute atomic E-state index is 0.0403. The lowest BCUT2D eigenvalue weighted by Gasteiger charge is -2.43. The summed E-state index contributed by atoms with van der Waals surface area (Å²) in [7, 11) is 6.60. The van der Waals surface area contributed by atoms with Crippen molar-refractivity contribution in [2.24, 2.45) is 0 Å². The van der Waals surface area contributed by atoms with Crippen molar-refractivity contribution in [1.29, 1.82) is 0 Å². The number of methoxy groups -OCH3 is 4. The topological polar surface area (TPSA) is 46.2 Å². The number of ether oxygens (including phenoxy) is 5. The molecule has 5 atom stereocenters. The summed E-state index contributed by atoms with van der Waals surface area (Å²) in [5.41, 5.74) is 0. The van der Waals surface area contributed by atoms with Crippen LogP contribution in [-0.4, -0.2) is 65.6 Å². The zero-order valence-corrected chi connectivity index (χ0v) is 10.6. The minimum Gasteiger partial charge on any atom is -0.382 e. The Bertz CT molecular complexity index is 199. The predicted molar refractivity (Wildman–Crippen MR) is 58.6 cm³/mol. The van der Waals surface area contributed by atoms with E-state index in [1.165, 1.54) is 0 Å². The highest BCUT2D eigenvalue weighted by Gasteiger charge is 2.45. The first kappa shape index (κ1) is 13.9. The Labute approximate surface area is 97.0 Å².